The van der Waals surface area contributed by atoms with E-state index >= 15 is 0 Å². The van der Waals surface area contributed by atoms with Crippen molar-refractivity contribution in [3.8, 4) is 6.07 Å². The molecule has 9 heteroatoms. The summed E-state index contributed by atoms with van der Waals surface area (Å²) >= 11 is 1.51. The van der Waals surface area contributed by atoms with E-state index in [0.717, 1.165) is 5.56 Å². The minimum absolute atomic E-state index is 0.198. The highest BCUT2D eigenvalue weighted by Crippen LogP contribution is 2.28. The molecule has 0 unspecified atom stereocenters. The molecule has 0 saturated carbocycles. The normalized spacial score (nSPS) is 16.5. The van der Waals surface area contributed by atoms with Crippen molar-refractivity contribution in [2.75, 3.05) is 18.2 Å². The topological polar surface area (TPSA) is 99.0 Å². The van der Waals surface area contributed by atoms with E-state index in [9.17, 15) is 14.0 Å². The Kier molecular flexibility index (Phi) is 6.32. The Morgan fingerprint density at radius 2 is 2.16 bits per heavy atom. The van der Waals surface area contributed by atoms with Gasteiger partial charge in [-0.15, -0.1) is 11.8 Å². The third-order valence-electron chi connectivity index (χ3n) is 5.46. The Bertz CT molecular complexity index is 1230. The number of hydrogen-bond acceptors (Lipinski definition) is 6. The average Bonchev–Trinajstić information content (AvgIpc) is 3.30. The molecule has 0 spiro atoms. The lowest BCUT2D eigenvalue weighted by atomic mass is 9.94. The van der Waals surface area contributed by atoms with Gasteiger partial charge in [0.2, 0.25) is 5.91 Å². The highest BCUT2D eigenvalue weighted by atomic mass is 32.2. The molecule has 1 aromatic carbocycles. The van der Waals surface area contributed by atoms with E-state index in [1.807, 2.05) is 13.0 Å². The van der Waals surface area contributed by atoms with E-state index < -0.39 is 17.8 Å². The Morgan fingerprint density at radius 1 is 1.31 bits per heavy atom. The molecule has 32 heavy (non-hydrogen) atoms. The standard InChI is InChI=1S/C23H20FN5O2S/c1-14(22-19(24)3-2-7-27-22)15-4-5-20-18(9-15)17(6-8-26-20)23(31)28-11-21(30)29-13-32-12-16(29)10-25/h2-9,14,16H,11-13H2,1H3,(H,28,31)/t14-,16+/m0/s1. The molecular weight excluding hydrogens is 429 g/mol. The molecule has 1 aliphatic rings. The number of carbonyl (C=O) groups excluding carboxylic acids is 2. The largest absolute Gasteiger partial charge is 0.343 e. The van der Waals surface area contributed by atoms with Gasteiger partial charge in [0.25, 0.3) is 5.91 Å². The van der Waals surface area contributed by atoms with Crippen LogP contribution in [0.25, 0.3) is 10.9 Å². The van der Waals surface area contributed by atoms with Crippen LogP contribution in [-0.4, -0.2) is 50.9 Å². The number of amides is 2. The second kappa shape index (κ2) is 9.32. The Hall–Kier alpha value is -3.51. The van der Waals surface area contributed by atoms with Crippen LogP contribution in [0.3, 0.4) is 0 Å². The van der Waals surface area contributed by atoms with Gasteiger partial charge in [-0.2, -0.15) is 5.26 Å². The molecule has 0 bridgehead atoms. The van der Waals surface area contributed by atoms with Crippen LogP contribution in [0.1, 0.15) is 34.5 Å². The van der Waals surface area contributed by atoms with E-state index in [0.29, 0.717) is 33.8 Å². The van der Waals surface area contributed by atoms with Crippen molar-refractivity contribution in [3.05, 3.63) is 71.4 Å². The number of thioether (sulfide) groups is 1. The predicted molar refractivity (Wildman–Crippen MR) is 119 cm³/mol. The van der Waals surface area contributed by atoms with Gasteiger partial charge < -0.3 is 10.2 Å². The van der Waals surface area contributed by atoms with E-state index in [1.165, 1.54) is 28.9 Å². The third-order valence-corrected chi connectivity index (χ3v) is 6.47. The van der Waals surface area contributed by atoms with Gasteiger partial charge in [-0.25, -0.2) is 4.39 Å². The quantitative estimate of drug-likeness (QED) is 0.643. The summed E-state index contributed by atoms with van der Waals surface area (Å²) in [6.45, 7) is 1.65. The number of halogens is 1. The van der Waals surface area contributed by atoms with Gasteiger partial charge in [0, 0.05) is 29.5 Å². The van der Waals surface area contributed by atoms with Crippen LogP contribution in [0, 0.1) is 17.1 Å². The number of carbonyl (C=O) groups is 2. The smallest absolute Gasteiger partial charge is 0.252 e. The number of benzene rings is 1. The fourth-order valence-electron chi connectivity index (χ4n) is 3.65. The van der Waals surface area contributed by atoms with Crippen LogP contribution in [0.4, 0.5) is 4.39 Å². The first kappa shape index (κ1) is 21.7. The van der Waals surface area contributed by atoms with Gasteiger partial charge in [-0.05, 0) is 35.9 Å². The summed E-state index contributed by atoms with van der Waals surface area (Å²) in [4.78, 5) is 35.3. The van der Waals surface area contributed by atoms with Crippen molar-refractivity contribution >= 4 is 34.5 Å². The van der Waals surface area contributed by atoms with Gasteiger partial charge in [-0.1, -0.05) is 13.0 Å². The summed E-state index contributed by atoms with van der Waals surface area (Å²) < 4.78 is 14.2. The molecule has 0 radical (unpaired) electrons. The van der Waals surface area contributed by atoms with Crippen LogP contribution in [0.15, 0.2) is 48.8 Å². The fraction of sp³-hybridized carbons (Fsp3) is 0.261. The first-order valence-electron chi connectivity index (χ1n) is 10.0. The van der Waals surface area contributed by atoms with Crippen LogP contribution < -0.4 is 5.32 Å². The maximum atomic E-state index is 14.2. The van der Waals surface area contributed by atoms with Crippen LogP contribution in [0.2, 0.25) is 0 Å². The lowest BCUT2D eigenvalue weighted by Crippen LogP contribution is -2.42. The monoisotopic (exact) mass is 449 g/mol. The van der Waals surface area contributed by atoms with Crippen LogP contribution in [0.5, 0.6) is 0 Å². The number of fused-ring (bicyclic) bond motifs is 1. The van der Waals surface area contributed by atoms with Crippen molar-refractivity contribution < 1.29 is 14.0 Å². The van der Waals surface area contributed by atoms with E-state index in [4.69, 9.17) is 5.26 Å². The molecule has 2 amide bonds. The zero-order valence-electron chi connectivity index (χ0n) is 17.3. The maximum absolute atomic E-state index is 14.2. The molecule has 1 N–H and O–H groups in total. The summed E-state index contributed by atoms with van der Waals surface area (Å²) in [5, 5.41) is 12.4. The highest BCUT2D eigenvalue weighted by Gasteiger charge is 2.29. The summed E-state index contributed by atoms with van der Waals surface area (Å²) in [7, 11) is 0. The molecule has 1 saturated heterocycles. The number of aromatic nitrogens is 2. The molecular formula is C23H20FN5O2S. The van der Waals surface area contributed by atoms with Crippen LogP contribution in [-0.2, 0) is 4.79 Å². The SMILES string of the molecule is C[C@@H](c1ccc2nccc(C(=O)NCC(=O)N3CSC[C@H]3C#N)c2c1)c1ncccc1F. The van der Waals surface area contributed by atoms with Gasteiger partial charge >= 0.3 is 0 Å². The average molecular weight is 450 g/mol. The maximum Gasteiger partial charge on any atom is 0.252 e. The highest BCUT2D eigenvalue weighted by molar-refractivity contribution is 7.99. The Labute approximate surface area is 188 Å². The zero-order valence-corrected chi connectivity index (χ0v) is 18.1. The minimum atomic E-state index is -0.470. The lowest BCUT2D eigenvalue weighted by Gasteiger charge is -2.19. The zero-order chi connectivity index (χ0) is 22.7. The first-order chi connectivity index (χ1) is 15.5. The molecule has 7 nitrogen and oxygen atoms in total. The van der Waals surface area contributed by atoms with Crippen molar-refractivity contribution in [3.63, 3.8) is 0 Å². The molecule has 2 aromatic heterocycles. The molecule has 4 rings (SSSR count). The molecule has 0 aliphatic carbocycles. The number of nitriles is 1. The lowest BCUT2D eigenvalue weighted by molar-refractivity contribution is -0.129. The van der Waals surface area contributed by atoms with Crippen molar-refractivity contribution in [2.45, 2.75) is 18.9 Å². The molecule has 162 valence electrons. The first-order valence-corrected chi connectivity index (χ1v) is 11.2. The van der Waals surface area contributed by atoms with Crippen molar-refractivity contribution in [1.82, 2.24) is 20.2 Å². The minimum Gasteiger partial charge on any atom is -0.343 e. The Morgan fingerprint density at radius 3 is 2.94 bits per heavy atom. The number of nitrogens with one attached hydrogen (secondary N) is 1. The summed E-state index contributed by atoms with van der Waals surface area (Å²) in [5.74, 6) is -0.417. The molecule has 3 aromatic rings. The van der Waals surface area contributed by atoms with Crippen molar-refractivity contribution in [1.29, 1.82) is 5.26 Å². The molecule has 1 fully saturated rings. The van der Waals surface area contributed by atoms with Gasteiger partial charge in [-0.3, -0.25) is 19.6 Å². The number of pyridine rings is 2. The van der Waals surface area contributed by atoms with E-state index in [2.05, 4.69) is 21.4 Å². The third kappa shape index (κ3) is 4.27. The van der Waals surface area contributed by atoms with E-state index in [-0.39, 0.29) is 18.4 Å². The van der Waals surface area contributed by atoms with Gasteiger partial charge in [0.15, 0.2) is 0 Å². The predicted octanol–water partition coefficient (Wildman–Crippen LogP) is 3.08. The molecule has 1 aliphatic heterocycles. The molecule has 2 atom stereocenters. The number of nitrogens with zero attached hydrogens (tertiary/aromatic N) is 4. The van der Waals surface area contributed by atoms with Gasteiger partial charge in [0.05, 0.1) is 35.3 Å². The Balaban J connectivity index is 1.57. The summed E-state index contributed by atoms with van der Waals surface area (Å²) in [6, 6.07) is 11.6. The second-order valence-corrected chi connectivity index (χ2v) is 8.42. The number of hydrogen-bond donors (Lipinski definition) is 1. The van der Waals surface area contributed by atoms with Crippen molar-refractivity contribution in [2.24, 2.45) is 0 Å². The van der Waals surface area contributed by atoms with E-state index in [1.54, 1.807) is 30.5 Å². The van der Waals surface area contributed by atoms with Gasteiger partial charge in [0.1, 0.15) is 11.9 Å². The summed E-state index contributed by atoms with van der Waals surface area (Å²) in [6.07, 6.45) is 3.08. The fourth-order valence-corrected chi connectivity index (χ4v) is 4.76. The second-order valence-electron chi connectivity index (χ2n) is 7.42. The summed E-state index contributed by atoms with van der Waals surface area (Å²) in [5.41, 5.74) is 2.09. The number of rotatable bonds is 5. The molecule has 3 heterocycles. The van der Waals surface area contributed by atoms with Crippen LogP contribution >= 0.6 is 11.8 Å².